The Morgan fingerprint density at radius 2 is 2.35 bits per heavy atom. The molecule has 2 aromatic rings. The van der Waals surface area contributed by atoms with Crippen LogP contribution in [0.15, 0.2) is 36.7 Å². The molecular formula is C16H18N2O2. The van der Waals surface area contributed by atoms with Crippen molar-refractivity contribution < 1.29 is 9.53 Å². The number of ether oxygens (including phenoxy) is 1. The maximum atomic E-state index is 12.7. The van der Waals surface area contributed by atoms with E-state index in [0.717, 1.165) is 23.9 Å². The van der Waals surface area contributed by atoms with Gasteiger partial charge in [0.05, 0.1) is 6.61 Å². The summed E-state index contributed by atoms with van der Waals surface area (Å²) in [5.74, 6) is 0.0572. The second-order valence-electron chi connectivity index (χ2n) is 5.02. The van der Waals surface area contributed by atoms with Crippen molar-refractivity contribution in [1.82, 2.24) is 9.88 Å². The van der Waals surface area contributed by atoms with Crippen LogP contribution in [-0.2, 0) is 4.74 Å². The minimum atomic E-state index is -0.366. The van der Waals surface area contributed by atoms with Gasteiger partial charge in [0.15, 0.2) is 5.78 Å². The fraction of sp³-hybridized carbons (Fsp3) is 0.375. The largest absolute Gasteiger partial charge is 0.367 e. The minimum Gasteiger partial charge on any atom is -0.367 e. The zero-order valence-electron chi connectivity index (χ0n) is 11.6. The Balaban J connectivity index is 1.92. The van der Waals surface area contributed by atoms with E-state index >= 15 is 0 Å². The van der Waals surface area contributed by atoms with Crippen LogP contribution in [0.1, 0.15) is 17.3 Å². The lowest BCUT2D eigenvalue weighted by atomic mass is 9.99. The van der Waals surface area contributed by atoms with Crippen molar-refractivity contribution in [3.05, 3.63) is 42.2 Å². The molecule has 1 aromatic heterocycles. The number of fused-ring (bicyclic) bond motifs is 1. The van der Waals surface area contributed by atoms with Gasteiger partial charge in [0.1, 0.15) is 6.10 Å². The highest BCUT2D eigenvalue weighted by Gasteiger charge is 2.27. The zero-order valence-corrected chi connectivity index (χ0v) is 11.6. The van der Waals surface area contributed by atoms with Crippen LogP contribution in [0.25, 0.3) is 10.8 Å². The van der Waals surface area contributed by atoms with E-state index in [-0.39, 0.29) is 11.9 Å². The first kappa shape index (κ1) is 13.2. The number of rotatable bonds is 3. The number of likely N-dealkylation sites (N-methyl/N-ethyl adjacent to an activating group) is 1. The number of ketones is 1. The lowest BCUT2D eigenvalue weighted by Gasteiger charge is -2.31. The summed E-state index contributed by atoms with van der Waals surface area (Å²) in [5.41, 5.74) is 0.707. The number of Topliss-reactive ketones (excluding diaryl/α,β-unsaturated/α-hetero) is 1. The van der Waals surface area contributed by atoms with Gasteiger partial charge < -0.3 is 4.74 Å². The van der Waals surface area contributed by atoms with Crippen molar-refractivity contribution in [2.24, 2.45) is 0 Å². The van der Waals surface area contributed by atoms with Crippen LogP contribution in [0.3, 0.4) is 0 Å². The molecule has 1 fully saturated rings. The van der Waals surface area contributed by atoms with Crippen LogP contribution in [0.5, 0.6) is 0 Å². The average Bonchev–Trinajstić information content (AvgIpc) is 2.53. The first-order valence-electron chi connectivity index (χ1n) is 7.00. The second-order valence-corrected chi connectivity index (χ2v) is 5.02. The Bertz CT molecular complexity index is 621. The maximum Gasteiger partial charge on any atom is 0.193 e. The molecule has 2 heterocycles. The molecule has 0 aliphatic carbocycles. The summed E-state index contributed by atoms with van der Waals surface area (Å²) in [6.45, 7) is 5.25. The topological polar surface area (TPSA) is 42.4 Å². The third kappa shape index (κ3) is 2.44. The highest BCUT2D eigenvalue weighted by atomic mass is 16.5. The van der Waals surface area contributed by atoms with Gasteiger partial charge in [0, 0.05) is 36.4 Å². The van der Waals surface area contributed by atoms with E-state index in [1.54, 1.807) is 12.4 Å². The summed E-state index contributed by atoms with van der Waals surface area (Å²) in [4.78, 5) is 19.1. The van der Waals surface area contributed by atoms with Gasteiger partial charge in [0.2, 0.25) is 0 Å². The van der Waals surface area contributed by atoms with E-state index in [0.29, 0.717) is 18.7 Å². The molecule has 20 heavy (non-hydrogen) atoms. The highest BCUT2D eigenvalue weighted by molar-refractivity contribution is 6.10. The molecule has 1 aliphatic heterocycles. The summed E-state index contributed by atoms with van der Waals surface area (Å²) in [6.07, 6.45) is 3.13. The van der Waals surface area contributed by atoms with Crippen LogP contribution >= 0.6 is 0 Å². The first-order chi connectivity index (χ1) is 9.79. The molecule has 1 aromatic carbocycles. The molecule has 0 amide bonds. The van der Waals surface area contributed by atoms with Crippen LogP contribution in [0.4, 0.5) is 0 Å². The van der Waals surface area contributed by atoms with Gasteiger partial charge in [0.25, 0.3) is 0 Å². The quantitative estimate of drug-likeness (QED) is 0.801. The van der Waals surface area contributed by atoms with E-state index < -0.39 is 0 Å². The fourth-order valence-corrected chi connectivity index (χ4v) is 2.65. The molecule has 0 N–H and O–H groups in total. The van der Waals surface area contributed by atoms with Crippen LogP contribution < -0.4 is 0 Å². The number of pyridine rings is 1. The molecule has 104 valence electrons. The SMILES string of the molecule is CCN1CCOC(C(=O)c2cccc3ccncc23)C1. The van der Waals surface area contributed by atoms with Gasteiger partial charge in [-0.2, -0.15) is 0 Å². The minimum absolute atomic E-state index is 0.0572. The number of morpholine rings is 1. The average molecular weight is 270 g/mol. The number of carbonyl (C=O) groups excluding carboxylic acids is 1. The maximum absolute atomic E-state index is 12.7. The Labute approximate surface area is 118 Å². The number of hydrogen-bond donors (Lipinski definition) is 0. The molecule has 0 bridgehead atoms. The van der Waals surface area contributed by atoms with Gasteiger partial charge in [-0.05, 0) is 18.0 Å². The monoisotopic (exact) mass is 270 g/mol. The van der Waals surface area contributed by atoms with E-state index in [2.05, 4.69) is 16.8 Å². The Kier molecular flexibility index (Phi) is 3.76. The highest BCUT2D eigenvalue weighted by Crippen LogP contribution is 2.20. The predicted octanol–water partition coefficient (Wildman–Crippen LogP) is 2.14. The van der Waals surface area contributed by atoms with Crippen LogP contribution in [0, 0.1) is 0 Å². The molecule has 3 rings (SSSR count). The molecule has 0 saturated carbocycles. The molecule has 1 saturated heterocycles. The standard InChI is InChI=1S/C16H18N2O2/c1-2-18-8-9-20-15(11-18)16(19)13-5-3-4-12-6-7-17-10-14(12)13/h3-7,10,15H,2,8-9,11H2,1H3. The third-order valence-electron chi connectivity index (χ3n) is 3.84. The fourth-order valence-electron chi connectivity index (χ4n) is 2.65. The summed E-state index contributed by atoms with van der Waals surface area (Å²) < 4.78 is 5.66. The predicted molar refractivity (Wildman–Crippen MR) is 77.9 cm³/mol. The van der Waals surface area contributed by atoms with E-state index in [9.17, 15) is 4.79 Å². The van der Waals surface area contributed by atoms with Crippen molar-refractivity contribution in [3.63, 3.8) is 0 Å². The van der Waals surface area contributed by atoms with E-state index in [1.807, 2.05) is 24.3 Å². The molecule has 4 heteroatoms. The lowest BCUT2D eigenvalue weighted by Crippen LogP contribution is -2.45. The van der Waals surface area contributed by atoms with Crippen LogP contribution in [0.2, 0.25) is 0 Å². The number of carbonyl (C=O) groups is 1. The Morgan fingerprint density at radius 1 is 1.45 bits per heavy atom. The lowest BCUT2D eigenvalue weighted by molar-refractivity contribution is -0.0147. The smallest absolute Gasteiger partial charge is 0.193 e. The van der Waals surface area contributed by atoms with Gasteiger partial charge >= 0.3 is 0 Å². The number of hydrogen-bond acceptors (Lipinski definition) is 4. The Hall–Kier alpha value is -1.78. The molecule has 1 unspecified atom stereocenters. The van der Waals surface area contributed by atoms with Crippen molar-refractivity contribution >= 4 is 16.6 Å². The van der Waals surface area contributed by atoms with Crippen LogP contribution in [-0.4, -0.2) is 48.0 Å². The molecule has 4 nitrogen and oxygen atoms in total. The molecule has 1 atom stereocenters. The summed E-state index contributed by atoms with van der Waals surface area (Å²) in [7, 11) is 0. The summed E-state index contributed by atoms with van der Waals surface area (Å²) in [6, 6.07) is 7.69. The van der Waals surface area contributed by atoms with E-state index in [1.165, 1.54) is 0 Å². The zero-order chi connectivity index (χ0) is 13.9. The van der Waals surface area contributed by atoms with Crippen molar-refractivity contribution in [2.45, 2.75) is 13.0 Å². The number of nitrogens with zero attached hydrogens (tertiary/aromatic N) is 2. The first-order valence-corrected chi connectivity index (χ1v) is 7.00. The van der Waals surface area contributed by atoms with Gasteiger partial charge in [-0.25, -0.2) is 0 Å². The number of benzene rings is 1. The summed E-state index contributed by atoms with van der Waals surface area (Å²) >= 11 is 0. The molecule has 1 aliphatic rings. The normalized spacial score (nSPS) is 20.1. The molecule has 0 spiro atoms. The van der Waals surface area contributed by atoms with Gasteiger partial charge in [-0.3, -0.25) is 14.7 Å². The third-order valence-corrected chi connectivity index (χ3v) is 3.84. The molecule has 0 radical (unpaired) electrons. The number of aromatic nitrogens is 1. The van der Waals surface area contributed by atoms with Crippen molar-refractivity contribution in [2.75, 3.05) is 26.2 Å². The second kappa shape index (κ2) is 5.69. The molecular weight excluding hydrogens is 252 g/mol. The van der Waals surface area contributed by atoms with Crippen molar-refractivity contribution in [1.29, 1.82) is 0 Å². The van der Waals surface area contributed by atoms with Gasteiger partial charge in [-0.15, -0.1) is 0 Å². The van der Waals surface area contributed by atoms with Crippen molar-refractivity contribution in [3.8, 4) is 0 Å². The van der Waals surface area contributed by atoms with E-state index in [4.69, 9.17) is 4.74 Å². The summed E-state index contributed by atoms with van der Waals surface area (Å²) in [5, 5.41) is 1.94. The van der Waals surface area contributed by atoms with Gasteiger partial charge in [-0.1, -0.05) is 25.1 Å². The Morgan fingerprint density at radius 3 is 3.20 bits per heavy atom.